The normalized spacial score (nSPS) is 10.5. The maximum atomic E-state index is 12.2. The number of halogens is 1. The molecule has 0 saturated carbocycles. The lowest BCUT2D eigenvalue weighted by atomic mass is 10.1. The SMILES string of the molecule is COc1ccc(Br)c(C(=O)OCc2nc(-c3ccccc3C)no2)c1. The molecule has 0 spiro atoms. The number of aromatic nitrogens is 2. The molecule has 0 unspecified atom stereocenters. The first-order valence-electron chi connectivity index (χ1n) is 7.47. The largest absolute Gasteiger partial charge is 0.497 e. The van der Waals surface area contributed by atoms with E-state index in [1.165, 1.54) is 7.11 Å². The lowest BCUT2D eigenvalue weighted by Crippen LogP contribution is -2.06. The third kappa shape index (κ3) is 3.88. The van der Waals surface area contributed by atoms with E-state index in [2.05, 4.69) is 26.1 Å². The smallest absolute Gasteiger partial charge is 0.339 e. The van der Waals surface area contributed by atoms with Crippen LogP contribution in [-0.4, -0.2) is 23.2 Å². The number of ether oxygens (including phenoxy) is 2. The molecule has 0 bridgehead atoms. The van der Waals surface area contributed by atoms with Crippen LogP contribution in [0.15, 0.2) is 51.5 Å². The summed E-state index contributed by atoms with van der Waals surface area (Å²) >= 11 is 3.32. The third-order valence-electron chi connectivity index (χ3n) is 3.57. The highest BCUT2D eigenvalue weighted by Gasteiger charge is 2.16. The van der Waals surface area contributed by atoms with Crippen LogP contribution in [-0.2, 0) is 11.3 Å². The fourth-order valence-corrected chi connectivity index (χ4v) is 2.65. The summed E-state index contributed by atoms with van der Waals surface area (Å²) in [7, 11) is 1.53. The minimum Gasteiger partial charge on any atom is -0.497 e. The van der Waals surface area contributed by atoms with Crippen LogP contribution in [0.2, 0.25) is 0 Å². The Morgan fingerprint density at radius 3 is 2.80 bits per heavy atom. The fraction of sp³-hybridized carbons (Fsp3) is 0.167. The summed E-state index contributed by atoms with van der Waals surface area (Å²) in [5, 5.41) is 3.94. The first-order valence-corrected chi connectivity index (χ1v) is 8.27. The number of carbonyl (C=O) groups is 1. The second kappa shape index (κ2) is 7.48. The van der Waals surface area contributed by atoms with E-state index >= 15 is 0 Å². The Labute approximate surface area is 152 Å². The predicted octanol–water partition coefficient (Wildman–Crippen LogP) is 4.17. The van der Waals surface area contributed by atoms with Gasteiger partial charge in [-0.2, -0.15) is 4.98 Å². The maximum absolute atomic E-state index is 12.2. The summed E-state index contributed by atoms with van der Waals surface area (Å²) in [4.78, 5) is 16.5. The van der Waals surface area contributed by atoms with Crippen molar-refractivity contribution < 1.29 is 18.8 Å². The Hall–Kier alpha value is -2.67. The molecule has 7 heteroatoms. The molecule has 1 heterocycles. The molecular weight excluding hydrogens is 388 g/mol. The minimum absolute atomic E-state index is 0.110. The number of benzene rings is 2. The number of hydrogen-bond donors (Lipinski definition) is 0. The molecule has 6 nitrogen and oxygen atoms in total. The minimum atomic E-state index is -0.513. The Morgan fingerprint density at radius 1 is 1.24 bits per heavy atom. The van der Waals surface area contributed by atoms with Crippen molar-refractivity contribution in [3.63, 3.8) is 0 Å². The lowest BCUT2D eigenvalue weighted by Gasteiger charge is -2.06. The van der Waals surface area contributed by atoms with Crippen molar-refractivity contribution in [1.29, 1.82) is 0 Å². The van der Waals surface area contributed by atoms with E-state index in [0.717, 1.165) is 11.1 Å². The number of esters is 1. The van der Waals surface area contributed by atoms with Gasteiger partial charge in [0, 0.05) is 10.0 Å². The zero-order chi connectivity index (χ0) is 17.8. The van der Waals surface area contributed by atoms with E-state index in [1.807, 2.05) is 31.2 Å². The van der Waals surface area contributed by atoms with Gasteiger partial charge in [0.15, 0.2) is 6.61 Å². The number of rotatable bonds is 5. The van der Waals surface area contributed by atoms with E-state index < -0.39 is 5.97 Å². The first kappa shape index (κ1) is 17.2. The molecule has 128 valence electrons. The summed E-state index contributed by atoms with van der Waals surface area (Å²) in [6.45, 7) is 1.85. The van der Waals surface area contributed by atoms with Gasteiger partial charge in [0.2, 0.25) is 5.82 Å². The van der Waals surface area contributed by atoms with Gasteiger partial charge in [-0.05, 0) is 46.6 Å². The second-order valence-electron chi connectivity index (χ2n) is 5.25. The number of methoxy groups -OCH3 is 1. The molecule has 0 aliphatic heterocycles. The number of aryl methyl sites for hydroxylation is 1. The molecule has 0 amide bonds. The van der Waals surface area contributed by atoms with E-state index in [9.17, 15) is 4.79 Å². The Bertz CT molecular complexity index is 908. The highest BCUT2D eigenvalue weighted by molar-refractivity contribution is 9.10. The first-order chi connectivity index (χ1) is 12.1. The van der Waals surface area contributed by atoms with Crippen LogP contribution in [0.1, 0.15) is 21.8 Å². The summed E-state index contributed by atoms with van der Waals surface area (Å²) in [5.74, 6) is 0.744. The maximum Gasteiger partial charge on any atom is 0.339 e. The second-order valence-corrected chi connectivity index (χ2v) is 6.10. The van der Waals surface area contributed by atoms with Crippen molar-refractivity contribution in [3.8, 4) is 17.1 Å². The molecule has 0 saturated heterocycles. The van der Waals surface area contributed by atoms with E-state index in [1.54, 1.807) is 18.2 Å². The number of nitrogens with zero attached hydrogens (tertiary/aromatic N) is 2. The standard InChI is InChI=1S/C18H15BrN2O4/c1-11-5-3-4-6-13(11)17-20-16(25-21-17)10-24-18(22)14-9-12(23-2)7-8-15(14)19/h3-9H,10H2,1-2H3. The van der Waals surface area contributed by atoms with Gasteiger partial charge in [-0.25, -0.2) is 4.79 Å². The summed E-state index contributed by atoms with van der Waals surface area (Å²) < 4.78 is 16.1. The van der Waals surface area contributed by atoms with Gasteiger partial charge in [0.1, 0.15) is 5.75 Å². The van der Waals surface area contributed by atoms with Crippen LogP contribution >= 0.6 is 15.9 Å². The van der Waals surface area contributed by atoms with Crippen molar-refractivity contribution in [2.24, 2.45) is 0 Å². The predicted molar refractivity (Wildman–Crippen MR) is 94.3 cm³/mol. The van der Waals surface area contributed by atoms with E-state index in [4.69, 9.17) is 14.0 Å². The molecule has 3 rings (SSSR count). The van der Waals surface area contributed by atoms with E-state index in [-0.39, 0.29) is 12.5 Å². The van der Waals surface area contributed by atoms with Crippen molar-refractivity contribution in [2.75, 3.05) is 7.11 Å². The molecule has 2 aromatic carbocycles. The molecular formula is C18H15BrN2O4. The molecule has 0 N–H and O–H groups in total. The topological polar surface area (TPSA) is 74.5 Å². The number of carbonyl (C=O) groups excluding carboxylic acids is 1. The van der Waals surface area contributed by atoms with Gasteiger partial charge in [-0.15, -0.1) is 0 Å². The monoisotopic (exact) mass is 402 g/mol. The van der Waals surface area contributed by atoms with Crippen molar-refractivity contribution in [3.05, 3.63) is 64.0 Å². The summed E-state index contributed by atoms with van der Waals surface area (Å²) in [5.41, 5.74) is 2.27. The molecule has 3 aromatic rings. The Morgan fingerprint density at radius 2 is 2.04 bits per heavy atom. The fourth-order valence-electron chi connectivity index (χ4n) is 2.24. The van der Waals surface area contributed by atoms with E-state index in [0.29, 0.717) is 21.6 Å². The highest BCUT2D eigenvalue weighted by atomic mass is 79.9. The van der Waals surface area contributed by atoms with Gasteiger partial charge in [-0.1, -0.05) is 29.4 Å². The Balaban J connectivity index is 1.70. The molecule has 0 aliphatic rings. The molecule has 0 radical (unpaired) electrons. The van der Waals surface area contributed by atoms with Gasteiger partial charge in [0.05, 0.1) is 12.7 Å². The van der Waals surface area contributed by atoms with Crippen LogP contribution < -0.4 is 4.74 Å². The van der Waals surface area contributed by atoms with Crippen LogP contribution in [0.3, 0.4) is 0 Å². The van der Waals surface area contributed by atoms with Crippen LogP contribution in [0.25, 0.3) is 11.4 Å². The zero-order valence-electron chi connectivity index (χ0n) is 13.7. The van der Waals surface area contributed by atoms with Crippen molar-refractivity contribution >= 4 is 21.9 Å². The molecule has 25 heavy (non-hydrogen) atoms. The van der Waals surface area contributed by atoms with Crippen LogP contribution in [0.5, 0.6) is 5.75 Å². The van der Waals surface area contributed by atoms with Gasteiger partial charge in [0.25, 0.3) is 5.89 Å². The summed E-state index contributed by atoms with van der Waals surface area (Å²) in [6, 6.07) is 12.8. The average molecular weight is 403 g/mol. The number of hydrogen-bond acceptors (Lipinski definition) is 6. The lowest BCUT2D eigenvalue weighted by molar-refractivity contribution is 0.0428. The van der Waals surface area contributed by atoms with Crippen LogP contribution in [0.4, 0.5) is 0 Å². The average Bonchev–Trinajstić information content (AvgIpc) is 3.09. The van der Waals surface area contributed by atoms with Gasteiger partial charge < -0.3 is 14.0 Å². The third-order valence-corrected chi connectivity index (χ3v) is 4.27. The molecule has 0 atom stereocenters. The quantitative estimate of drug-likeness (QED) is 0.596. The van der Waals surface area contributed by atoms with Crippen LogP contribution in [0, 0.1) is 6.92 Å². The summed E-state index contributed by atoms with van der Waals surface area (Å²) in [6.07, 6.45) is 0. The Kier molecular flexibility index (Phi) is 5.14. The highest BCUT2D eigenvalue weighted by Crippen LogP contribution is 2.24. The molecule has 0 aliphatic carbocycles. The molecule has 0 fully saturated rings. The molecule has 1 aromatic heterocycles. The van der Waals surface area contributed by atoms with Crippen molar-refractivity contribution in [2.45, 2.75) is 13.5 Å². The van der Waals surface area contributed by atoms with Gasteiger partial charge in [-0.3, -0.25) is 0 Å². The van der Waals surface area contributed by atoms with Crippen molar-refractivity contribution in [1.82, 2.24) is 10.1 Å². The zero-order valence-corrected chi connectivity index (χ0v) is 15.2. The van der Waals surface area contributed by atoms with Gasteiger partial charge >= 0.3 is 5.97 Å².